The zero-order chi connectivity index (χ0) is 54.2. The number of halogens is 2. The quantitative estimate of drug-likeness (QED) is 0.0436. The van der Waals surface area contributed by atoms with Crippen molar-refractivity contribution in [3.63, 3.8) is 0 Å². The number of aliphatic hydroxyl groups is 1. The highest BCUT2D eigenvalue weighted by atomic mass is 19.1. The number of nitrogens with one attached hydrogen (secondary N) is 4. The second-order valence-corrected chi connectivity index (χ2v) is 18.9. The molecule has 0 radical (unpaired) electrons. The van der Waals surface area contributed by atoms with Crippen LogP contribution < -0.4 is 21.3 Å². The monoisotopic (exact) mass is 1040 g/mol. The van der Waals surface area contributed by atoms with Crippen LogP contribution in [0.4, 0.5) is 8.78 Å². The van der Waals surface area contributed by atoms with Crippen molar-refractivity contribution in [3.8, 4) is 11.3 Å². The lowest BCUT2D eigenvalue weighted by molar-refractivity contribution is -0.140. The summed E-state index contributed by atoms with van der Waals surface area (Å²) in [4.78, 5) is 95.1. The molecule has 4 rings (SSSR count). The number of carbonyl (C=O) groups excluding carboxylic acids is 7. The van der Waals surface area contributed by atoms with Crippen molar-refractivity contribution in [2.45, 2.75) is 85.5 Å². The fraction of sp³-hybridized carbons (Fsp3) is 0.538. The van der Waals surface area contributed by atoms with Crippen molar-refractivity contribution in [2.75, 3.05) is 85.6 Å². The average Bonchev–Trinajstić information content (AvgIpc) is 3.91. The molecule has 20 nitrogen and oxygen atoms in total. The molecule has 0 spiro atoms. The van der Waals surface area contributed by atoms with Gasteiger partial charge in [-0.1, -0.05) is 65.0 Å². The van der Waals surface area contributed by atoms with Gasteiger partial charge in [0, 0.05) is 69.5 Å². The van der Waals surface area contributed by atoms with Crippen LogP contribution in [-0.4, -0.2) is 164 Å². The van der Waals surface area contributed by atoms with Gasteiger partial charge in [0.1, 0.15) is 36.1 Å². The number of carbonyl (C=O) groups is 7. The third-order valence-corrected chi connectivity index (χ3v) is 11.6. The molecule has 0 saturated carbocycles. The van der Waals surface area contributed by atoms with Crippen molar-refractivity contribution in [1.82, 2.24) is 40.6 Å². The Balaban J connectivity index is 1.14. The van der Waals surface area contributed by atoms with Crippen LogP contribution in [0.2, 0.25) is 0 Å². The lowest BCUT2D eigenvalue weighted by Crippen LogP contribution is -2.54. The molecule has 5 N–H and O–H groups in total. The van der Waals surface area contributed by atoms with Crippen LogP contribution in [0.1, 0.15) is 78.2 Å². The van der Waals surface area contributed by atoms with Gasteiger partial charge in [-0.25, -0.2) is 13.8 Å². The summed E-state index contributed by atoms with van der Waals surface area (Å²) < 4.78 is 53.1. The minimum Gasteiger partial charge on any atom is -0.387 e. The molecule has 7 amide bonds. The number of imide groups is 1. The summed E-state index contributed by atoms with van der Waals surface area (Å²) in [6.07, 6.45) is 4.18. The van der Waals surface area contributed by atoms with Crippen molar-refractivity contribution in [2.24, 2.45) is 11.3 Å². The normalized spacial score (nSPS) is 13.7. The number of ether oxygens (including phenoxy) is 4. The molecule has 2 aromatic carbocycles. The van der Waals surface area contributed by atoms with Crippen molar-refractivity contribution < 1.29 is 66.4 Å². The van der Waals surface area contributed by atoms with E-state index in [1.807, 2.05) is 51.1 Å². The number of hydrogen-bond acceptors (Lipinski definition) is 13. The highest BCUT2D eigenvalue weighted by Gasteiger charge is 2.38. The summed E-state index contributed by atoms with van der Waals surface area (Å²) in [5.41, 5.74) is 0.321. The van der Waals surface area contributed by atoms with Crippen LogP contribution in [0.3, 0.4) is 0 Å². The number of benzene rings is 2. The molecule has 0 bridgehead atoms. The Morgan fingerprint density at radius 2 is 1.38 bits per heavy atom. The molecule has 0 fully saturated rings. The van der Waals surface area contributed by atoms with E-state index in [2.05, 4.69) is 21.3 Å². The maximum atomic E-state index is 15.1. The molecule has 2 heterocycles. The Labute approximate surface area is 430 Å². The maximum Gasteiger partial charge on any atom is 0.253 e. The molecule has 22 heteroatoms. The van der Waals surface area contributed by atoms with Gasteiger partial charge in [0.15, 0.2) is 0 Å². The van der Waals surface area contributed by atoms with Crippen LogP contribution in [0, 0.1) is 23.0 Å². The van der Waals surface area contributed by atoms with Crippen LogP contribution in [-0.2, 0) is 59.1 Å². The number of aromatic nitrogens is 2. The van der Waals surface area contributed by atoms with E-state index in [9.17, 15) is 43.1 Å². The molecule has 3 aromatic rings. The van der Waals surface area contributed by atoms with Crippen LogP contribution in [0.25, 0.3) is 11.3 Å². The molecule has 1 aromatic heterocycles. The van der Waals surface area contributed by atoms with Gasteiger partial charge in [-0.15, -0.1) is 0 Å². The van der Waals surface area contributed by atoms with Gasteiger partial charge in [-0.2, -0.15) is 0 Å². The standard InChI is InChI=1S/C52H72F2N8O12/c1-35(2)47(59-43(65)18-23-71-25-27-73-29-30-74-28-26-72-24-20-55-42(64)17-22-61-44(66)15-16-45(61)67)51(70)57-36(3)50(69)56-19-10-21-62(46(68)34-63)48(52(4,5)6)49-58-41(39-31-38(53)13-14-40(39)54)33-60(49)32-37-11-8-7-9-12-37/h7-9,11-16,31,33,35-36,47-48,63H,10,17-30,32,34H2,1-6H3,(H,55,64)(H,56,69)(H,57,70)(H,59,65)/t36-,47-,48-/m0/s1. The topological polar surface area (TPSA) is 249 Å². The number of aliphatic hydroxyl groups excluding tert-OH is 1. The largest absolute Gasteiger partial charge is 0.387 e. The van der Waals surface area contributed by atoms with E-state index in [1.54, 1.807) is 24.6 Å². The molecule has 3 atom stereocenters. The molecule has 406 valence electrons. The Hall–Kier alpha value is -6.46. The molecule has 0 saturated heterocycles. The SMILES string of the molecule is CC(C)[C@H](NC(=O)CCOCCOCCOCCOCCNC(=O)CCN1C(=O)C=CC1=O)C(=O)N[C@@H](C)C(=O)NCCCN(C(=O)CO)[C@@H](c1nc(-c2cc(F)ccc2F)cn1Cc1ccccc1)C(C)(C)C. The number of nitrogens with zero attached hydrogens (tertiary/aromatic N) is 4. The zero-order valence-corrected chi connectivity index (χ0v) is 43.2. The first-order valence-corrected chi connectivity index (χ1v) is 24.8. The highest BCUT2D eigenvalue weighted by molar-refractivity contribution is 6.13. The summed E-state index contributed by atoms with van der Waals surface area (Å²) in [6.45, 7) is 12.7. The molecule has 74 heavy (non-hydrogen) atoms. The maximum absolute atomic E-state index is 15.1. The Morgan fingerprint density at radius 3 is 1.99 bits per heavy atom. The first-order valence-electron chi connectivity index (χ1n) is 24.8. The van der Waals surface area contributed by atoms with E-state index in [-0.39, 0.29) is 95.0 Å². The Kier molecular flexibility index (Phi) is 24.9. The van der Waals surface area contributed by atoms with E-state index in [0.29, 0.717) is 38.8 Å². The third kappa shape index (κ3) is 19.8. The van der Waals surface area contributed by atoms with E-state index in [0.717, 1.165) is 28.7 Å². The fourth-order valence-electron chi connectivity index (χ4n) is 7.77. The van der Waals surface area contributed by atoms with E-state index >= 15 is 4.39 Å². The van der Waals surface area contributed by atoms with Gasteiger partial charge >= 0.3 is 0 Å². The summed E-state index contributed by atoms with van der Waals surface area (Å²) in [6, 6.07) is 9.85. The predicted molar refractivity (Wildman–Crippen MR) is 267 cm³/mol. The third-order valence-electron chi connectivity index (χ3n) is 11.6. The first-order chi connectivity index (χ1) is 35.3. The van der Waals surface area contributed by atoms with Gasteiger partial charge in [-0.3, -0.25) is 38.5 Å². The first kappa shape index (κ1) is 60.1. The minimum absolute atomic E-state index is 0.00377. The van der Waals surface area contributed by atoms with Crippen LogP contribution in [0.15, 0.2) is 66.9 Å². The van der Waals surface area contributed by atoms with Gasteiger partial charge < -0.3 is 54.8 Å². The summed E-state index contributed by atoms with van der Waals surface area (Å²) >= 11 is 0. The Morgan fingerprint density at radius 1 is 0.757 bits per heavy atom. The number of rotatable bonds is 33. The van der Waals surface area contributed by atoms with E-state index in [1.165, 1.54) is 24.0 Å². The lowest BCUT2D eigenvalue weighted by atomic mass is 9.84. The van der Waals surface area contributed by atoms with Gasteiger partial charge in [0.25, 0.3) is 11.8 Å². The molecule has 1 aliphatic heterocycles. The molecular formula is C52H72F2N8O12. The van der Waals surface area contributed by atoms with Crippen molar-refractivity contribution in [1.29, 1.82) is 0 Å². The molecular weight excluding hydrogens is 967 g/mol. The summed E-state index contributed by atoms with van der Waals surface area (Å²) in [5.74, 6) is -4.49. The number of hydrogen-bond donors (Lipinski definition) is 5. The van der Waals surface area contributed by atoms with Gasteiger partial charge in [0.05, 0.1) is 64.6 Å². The smallest absolute Gasteiger partial charge is 0.253 e. The van der Waals surface area contributed by atoms with E-state index in [4.69, 9.17) is 23.9 Å². The average molecular weight is 1040 g/mol. The zero-order valence-electron chi connectivity index (χ0n) is 43.2. The minimum atomic E-state index is -0.988. The molecule has 0 unspecified atom stereocenters. The fourth-order valence-corrected chi connectivity index (χ4v) is 7.77. The van der Waals surface area contributed by atoms with Gasteiger partial charge in [0.2, 0.25) is 29.5 Å². The van der Waals surface area contributed by atoms with Crippen LogP contribution >= 0.6 is 0 Å². The predicted octanol–water partition coefficient (Wildman–Crippen LogP) is 2.82. The number of amides is 7. The van der Waals surface area contributed by atoms with Crippen LogP contribution in [0.5, 0.6) is 0 Å². The second-order valence-electron chi connectivity index (χ2n) is 18.9. The summed E-state index contributed by atoms with van der Waals surface area (Å²) in [5, 5.41) is 21.0. The van der Waals surface area contributed by atoms with E-state index < -0.39 is 77.2 Å². The Bertz CT molecular complexity index is 2340. The molecule has 0 aliphatic carbocycles. The van der Waals surface area contributed by atoms with Gasteiger partial charge in [-0.05, 0) is 48.4 Å². The lowest BCUT2D eigenvalue weighted by Gasteiger charge is -2.40. The summed E-state index contributed by atoms with van der Waals surface area (Å²) in [7, 11) is 0. The van der Waals surface area contributed by atoms with Crippen molar-refractivity contribution >= 4 is 41.4 Å². The van der Waals surface area contributed by atoms with Crippen molar-refractivity contribution in [3.05, 3.63) is 89.9 Å². The highest BCUT2D eigenvalue weighted by Crippen LogP contribution is 2.39. The molecule has 1 aliphatic rings. The second kappa shape index (κ2) is 30.7. The number of imidazole rings is 1.